The van der Waals surface area contributed by atoms with Gasteiger partial charge in [-0.05, 0) is 36.6 Å². The highest BCUT2D eigenvalue weighted by molar-refractivity contribution is 6.35. The van der Waals surface area contributed by atoms with Crippen LogP contribution in [0.5, 0.6) is 0 Å². The smallest absolute Gasteiger partial charge is 0.0588 e. The summed E-state index contributed by atoms with van der Waals surface area (Å²) in [6.07, 6.45) is 0.771. The van der Waals surface area contributed by atoms with Gasteiger partial charge in [-0.25, -0.2) is 0 Å². The van der Waals surface area contributed by atoms with Crippen molar-refractivity contribution in [3.05, 3.63) is 69.7 Å². The monoisotopic (exact) mass is 323 g/mol. The fourth-order valence-electron chi connectivity index (χ4n) is 2.37. The zero-order valence-electron chi connectivity index (χ0n) is 11.9. The van der Waals surface area contributed by atoms with E-state index in [2.05, 4.69) is 17.4 Å². The zero-order valence-corrected chi connectivity index (χ0v) is 13.4. The highest BCUT2D eigenvalue weighted by Crippen LogP contribution is 2.26. The Hall–Kier alpha value is -1.06. The lowest BCUT2D eigenvalue weighted by Gasteiger charge is -2.23. The molecular weight excluding hydrogens is 305 g/mol. The maximum atomic E-state index is 9.58. The van der Waals surface area contributed by atoms with E-state index < -0.39 is 0 Å². The van der Waals surface area contributed by atoms with Crippen LogP contribution in [0.1, 0.15) is 24.1 Å². The molecule has 0 aliphatic rings. The maximum absolute atomic E-state index is 9.58. The normalized spacial score (nSPS) is 13.9. The van der Waals surface area contributed by atoms with Crippen LogP contribution >= 0.6 is 23.2 Å². The first-order valence-electron chi connectivity index (χ1n) is 6.96. The van der Waals surface area contributed by atoms with Crippen LogP contribution in [-0.4, -0.2) is 17.8 Å². The molecule has 0 radical (unpaired) electrons. The molecule has 112 valence electrons. The number of hydrogen-bond acceptors (Lipinski definition) is 2. The molecule has 0 bridgehead atoms. The third-order valence-electron chi connectivity index (χ3n) is 3.46. The second kappa shape index (κ2) is 7.81. The van der Waals surface area contributed by atoms with Crippen molar-refractivity contribution in [2.45, 2.75) is 25.4 Å². The molecular formula is C17H19Cl2NO. The average Bonchev–Trinajstić information content (AvgIpc) is 2.47. The molecule has 0 aliphatic carbocycles. The second-order valence-corrected chi connectivity index (χ2v) is 5.97. The molecule has 0 fully saturated rings. The Labute approximate surface area is 135 Å². The number of hydrogen-bond donors (Lipinski definition) is 2. The summed E-state index contributed by atoms with van der Waals surface area (Å²) in [6, 6.07) is 15.6. The first-order valence-corrected chi connectivity index (χ1v) is 7.71. The number of benzene rings is 2. The Morgan fingerprint density at radius 3 is 2.43 bits per heavy atom. The van der Waals surface area contributed by atoms with E-state index in [1.54, 1.807) is 6.07 Å². The molecule has 0 heterocycles. The molecule has 2 aromatic carbocycles. The molecule has 2 nitrogen and oxygen atoms in total. The van der Waals surface area contributed by atoms with Crippen molar-refractivity contribution >= 4 is 23.2 Å². The summed E-state index contributed by atoms with van der Waals surface area (Å²) in [5.74, 6) is 0. The van der Waals surface area contributed by atoms with Crippen LogP contribution in [0.15, 0.2) is 48.5 Å². The van der Waals surface area contributed by atoms with Crippen LogP contribution in [0.2, 0.25) is 10.0 Å². The molecule has 21 heavy (non-hydrogen) atoms. The summed E-state index contributed by atoms with van der Waals surface area (Å²) in [5.41, 5.74) is 2.17. The SMILES string of the molecule is CC(N[C@@H](CO)Cc1ccccc1)c1ccc(Cl)cc1Cl. The van der Waals surface area contributed by atoms with Crippen molar-refractivity contribution < 1.29 is 5.11 Å². The Bertz CT molecular complexity index is 574. The van der Waals surface area contributed by atoms with E-state index in [1.165, 1.54) is 5.56 Å². The molecule has 0 spiro atoms. The highest BCUT2D eigenvalue weighted by atomic mass is 35.5. The van der Waals surface area contributed by atoms with Gasteiger partial charge < -0.3 is 10.4 Å². The van der Waals surface area contributed by atoms with Gasteiger partial charge in [0.2, 0.25) is 0 Å². The lowest BCUT2D eigenvalue weighted by Crippen LogP contribution is -2.36. The molecule has 1 unspecified atom stereocenters. The summed E-state index contributed by atoms with van der Waals surface area (Å²) >= 11 is 12.1. The Morgan fingerprint density at radius 2 is 1.81 bits per heavy atom. The van der Waals surface area contributed by atoms with Gasteiger partial charge in [-0.15, -0.1) is 0 Å². The molecule has 0 amide bonds. The van der Waals surface area contributed by atoms with Crippen LogP contribution in [0, 0.1) is 0 Å². The Morgan fingerprint density at radius 1 is 1.10 bits per heavy atom. The highest BCUT2D eigenvalue weighted by Gasteiger charge is 2.15. The predicted octanol–water partition coefficient (Wildman–Crippen LogP) is 4.25. The van der Waals surface area contributed by atoms with Gasteiger partial charge in [-0.1, -0.05) is 59.6 Å². The van der Waals surface area contributed by atoms with Crippen molar-refractivity contribution in [3.8, 4) is 0 Å². The Balaban J connectivity index is 2.04. The third-order valence-corrected chi connectivity index (χ3v) is 4.02. The van der Waals surface area contributed by atoms with Crippen LogP contribution in [-0.2, 0) is 6.42 Å². The van der Waals surface area contributed by atoms with E-state index in [9.17, 15) is 5.11 Å². The van der Waals surface area contributed by atoms with Crippen LogP contribution < -0.4 is 5.32 Å². The van der Waals surface area contributed by atoms with Crippen molar-refractivity contribution in [2.75, 3.05) is 6.61 Å². The standard InChI is InChI=1S/C17H19Cl2NO/c1-12(16-8-7-14(18)10-17(16)19)20-15(11-21)9-13-5-3-2-4-6-13/h2-8,10,12,15,20-21H,9,11H2,1H3/t12?,15-/m1/s1. The third kappa shape index (κ3) is 4.72. The number of nitrogens with one attached hydrogen (secondary N) is 1. The van der Waals surface area contributed by atoms with E-state index in [1.807, 2.05) is 37.3 Å². The lowest BCUT2D eigenvalue weighted by molar-refractivity contribution is 0.232. The summed E-state index contributed by atoms with van der Waals surface area (Å²) in [5, 5.41) is 14.3. The van der Waals surface area contributed by atoms with Gasteiger partial charge in [0, 0.05) is 22.1 Å². The molecule has 0 aliphatic heterocycles. The number of aliphatic hydroxyl groups excluding tert-OH is 1. The van der Waals surface area contributed by atoms with Gasteiger partial charge in [-0.2, -0.15) is 0 Å². The van der Waals surface area contributed by atoms with Gasteiger partial charge in [0.25, 0.3) is 0 Å². The molecule has 2 rings (SSSR count). The van der Waals surface area contributed by atoms with Gasteiger partial charge in [0.15, 0.2) is 0 Å². The van der Waals surface area contributed by atoms with E-state index >= 15 is 0 Å². The van der Waals surface area contributed by atoms with Crippen molar-refractivity contribution in [2.24, 2.45) is 0 Å². The summed E-state index contributed by atoms with van der Waals surface area (Å²) in [7, 11) is 0. The van der Waals surface area contributed by atoms with Crippen molar-refractivity contribution in [1.29, 1.82) is 0 Å². The summed E-state index contributed by atoms with van der Waals surface area (Å²) < 4.78 is 0. The topological polar surface area (TPSA) is 32.3 Å². The van der Waals surface area contributed by atoms with Crippen LogP contribution in [0.3, 0.4) is 0 Å². The number of rotatable bonds is 6. The second-order valence-electron chi connectivity index (χ2n) is 5.12. The van der Waals surface area contributed by atoms with Gasteiger partial charge in [0.1, 0.15) is 0 Å². The molecule has 4 heteroatoms. The first-order chi connectivity index (χ1) is 10.1. The quantitative estimate of drug-likeness (QED) is 0.833. The van der Waals surface area contributed by atoms with Gasteiger partial charge in [0.05, 0.1) is 6.61 Å². The predicted molar refractivity (Wildman–Crippen MR) is 89.0 cm³/mol. The van der Waals surface area contributed by atoms with Gasteiger partial charge in [-0.3, -0.25) is 0 Å². The minimum atomic E-state index is -0.0193. The van der Waals surface area contributed by atoms with E-state index in [4.69, 9.17) is 23.2 Å². The fraction of sp³-hybridized carbons (Fsp3) is 0.294. The van der Waals surface area contributed by atoms with Crippen molar-refractivity contribution in [3.63, 3.8) is 0 Å². The summed E-state index contributed by atoms with van der Waals surface area (Å²) in [6.45, 7) is 2.10. The zero-order chi connectivity index (χ0) is 15.2. The first kappa shape index (κ1) is 16.3. The molecule has 2 aromatic rings. The fourth-order valence-corrected chi connectivity index (χ4v) is 2.94. The maximum Gasteiger partial charge on any atom is 0.0588 e. The minimum absolute atomic E-state index is 0.0193. The molecule has 2 atom stereocenters. The van der Waals surface area contributed by atoms with Crippen molar-refractivity contribution in [1.82, 2.24) is 5.32 Å². The molecule has 0 saturated carbocycles. The summed E-state index contributed by atoms with van der Waals surface area (Å²) in [4.78, 5) is 0. The lowest BCUT2D eigenvalue weighted by atomic mass is 10.0. The van der Waals surface area contributed by atoms with Crippen LogP contribution in [0.25, 0.3) is 0 Å². The molecule has 0 saturated heterocycles. The largest absolute Gasteiger partial charge is 0.395 e. The molecule has 2 N–H and O–H groups in total. The van der Waals surface area contributed by atoms with Gasteiger partial charge >= 0.3 is 0 Å². The van der Waals surface area contributed by atoms with E-state index in [-0.39, 0.29) is 18.7 Å². The average molecular weight is 324 g/mol. The van der Waals surface area contributed by atoms with E-state index in [0.29, 0.717) is 10.0 Å². The molecule has 0 aromatic heterocycles. The van der Waals surface area contributed by atoms with E-state index in [0.717, 1.165) is 12.0 Å². The minimum Gasteiger partial charge on any atom is -0.395 e. The number of aliphatic hydroxyl groups is 1. The Kier molecular flexibility index (Phi) is 6.07. The van der Waals surface area contributed by atoms with Crippen LogP contribution in [0.4, 0.5) is 0 Å². The number of halogens is 2.